The number of rotatable bonds is 3. The molecule has 7 heteroatoms. The molecule has 0 aliphatic rings. The molecule has 0 aromatic heterocycles. The first-order chi connectivity index (χ1) is 7.00. The van der Waals surface area contributed by atoms with Gasteiger partial charge in [-0.3, -0.25) is 0 Å². The van der Waals surface area contributed by atoms with Crippen molar-refractivity contribution in [3.8, 4) is 5.75 Å². The van der Waals surface area contributed by atoms with Gasteiger partial charge >= 0.3 is 98.2 Å². The van der Waals surface area contributed by atoms with E-state index in [2.05, 4.69) is 0 Å². The SMILES string of the molecule is CC(=O)[O][Hg][c]1cc([N+](=O)[O-])ccc1O. The van der Waals surface area contributed by atoms with Gasteiger partial charge in [0.1, 0.15) is 0 Å². The van der Waals surface area contributed by atoms with E-state index in [9.17, 15) is 20.0 Å². The summed E-state index contributed by atoms with van der Waals surface area (Å²) in [5.74, 6) is -0.453. The summed E-state index contributed by atoms with van der Waals surface area (Å²) >= 11 is -2.21. The molecule has 76 valence electrons. The van der Waals surface area contributed by atoms with Crippen molar-refractivity contribution in [3.05, 3.63) is 28.3 Å². The number of nitro benzene ring substituents is 1. The standard InChI is InChI=1S/C6H4NO3.C2H4O2.Hg/c8-6-3-1-5(2-4-6)7(9)10;1-2(3)4;/h1-3,8H;1H3,(H,3,4);/q;;+1/p-1. The summed E-state index contributed by atoms with van der Waals surface area (Å²) in [5, 5.41) is 19.8. The Bertz CT molecular complexity index is 406. The number of hydrogen-bond donors (Lipinski definition) is 1. The predicted octanol–water partition coefficient (Wildman–Crippen LogP) is 0.486. The predicted molar refractivity (Wildman–Crippen MR) is 46.2 cm³/mol. The van der Waals surface area contributed by atoms with Gasteiger partial charge < -0.3 is 0 Å². The second-order valence-electron chi connectivity index (χ2n) is 2.85. The van der Waals surface area contributed by atoms with Gasteiger partial charge in [0.05, 0.1) is 0 Å². The quantitative estimate of drug-likeness (QED) is 0.455. The van der Waals surface area contributed by atoms with E-state index >= 15 is 0 Å². The molecular formula is C8H7HgNO5. The number of carbonyl (C=O) groups is 1. The maximum absolute atomic E-state index is 10.6. The number of nitrogens with zero attached hydrogens (tertiary/aromatic N) is 1. The van der Waals surface area contributed by atoms with Crippen LogP contribution in [-0.2, 0) is 32.5 Å². The van der Waals surface area contributed by atoms with Gasteiger partial charge in [0.25, 0.3) is 0 Å². The van der Waals surface area contributed by atoms with E-state index < -0.39 is 35.9 Å². The normalized spacial score (nSPS) is 9.13. The number of hydrogen-bond acceptors (Lipinski definition) is 5. The molecule has 0 radical (unpaired) electrons. The number of non-ortho nitro benzene ring substituents is 1. The van der Waals surface area contributed by atoms with Crippen molar-refractivity contribution in [2.45, 2.75) is 6.92 Å². The number of carbonyl (C=O) groups excluding carboxylic acids is 1. The van der Waals surface area contributed by atoms with Crippen molar-refractivity contribution in [2.24, 2.45) is 0 Å². The van der Waals surface area contributed by atoms with Crippen LogP contribution < -0.4 is 3.07 Å². The van der Waals surface area contributed by atoms with Crippen LogP contribution in [0, 0.1) is 10.1 Å². The summed E-state index contributed by atoms with van der Waals surface area (Å²) in [5.41, 5.74) is -0.102. The van der Waals surface area contributed by atoms with E-state index in [0.29, 0.717) is 3.07 Å². The van der Waals surface area contributed by atoms with Crippen LogP contribution in [-0.4, -0.2) is 16.0 Å². The molecule has 0 saturated heterocycles. The van der Waals surface area contributed by atoms with Crippen LogP contribution in [0.5, 0.6) is 5.75 Å². The van der Waals surface area contributed by atoms with Crippen LogP contribution in [0.1, 0.15) is 6.92 Å². The molecule has 0 unspecified atom stereocenters. The van der Waals surface area contributed by atoms with Gasteiger partial charge in [-0.15, -0.1) is 0 Å². The number of aromatic hydroxyl groups is 1. The van der Waals surface area contributed by atoms with Crippen molar-refractivity contribution < 1.29 is 42.5 Å². The van der Waals surface area contributed by atoms with Gasteiger partial charge in [0.2, 0.25) is 0 Å². The van der Waals surface area contributed by atoms with Gasteiger partial charge in [-0.2, -0.15) is 0 Å². The van der Waals surface area contributed by atoms with Crippen LogP contribution in [0.4, 0.5) is 5.69 Å². The zero-order chi connectivity index (χ0) is 11.4. The van der Waals surface area contributed by atoms with Crippen molar-refractivity contribution in [1.29, 1.82) is 0 Å². The third kappa shape index (κ3) is 3.47. The molecule has 0 spiro atoms. The van der Waals surface area contributed by atoms with Crippen LogP contribution in [0.25, 0.3) is 0 Å². The van der Waals surface area contributed by atoms with Crippen LogP contribution >= 0.6 is 0 Å². The number of nitro groups is 1. The van der Waals surface area contributed by atoms with Crippen LogP contribution in [0.15, 0.2) is 18.2 Å². The number of phenols is 1. The Morgan fingerprint density at radius 1 is 1.60 bits per heavy atom. The number of phenolic OH excluding ortho intramolecular Hbond substituents is 1. The Morgan fingerprint density at radius 3 is 2.80 bits per heavy atom. The van der Waals surface area contributed by atoms with E-state index in [1.165, 1.54) is 25.1 Å². The molecule has 0 amide bonds. The Hall–Kier alpha value is -1.17. The van der Waals surface area contributed by atoms with Crippen molar-refractivity contribution >= 4 is 14.7 Å². The molecule has 0 saturated carbocycles. The number of benzene rings is 1. The summed E-state index contributed by atoms with van der Waals surface area (Å²) < 4.78 is 5.27. The first kappa shape index (κ1) is 11.9. The van der Waals surface area contributed by atoms with Gasteiger partial charge in [-0.05, 0) is 0 Å². The molecule has 0 aliphatic heterocycles. The summed E-state index contributed by atoms with van der Waals surface area (Å²) in [4.78, 5) is 20.5. The molecule has 1 aromatic carbocycles. The third-order valence-electron chi connectivity index (χ3n) is 1.70. The molecular weight excluding hydrogens is 391 g/mol. The molecule has 6 nitrogen and oxygen atoms in total. The molecule has 0 fully saturated rings. The van der Waals surface area contributed by atoms with Crippen molar-refractivity contribution in [1.82, 2.24) is 0 Å². The van der Waals surface area contributed by atoms with Gasteiger partial charge in [-0.1, -0.05) is 0 Å². The molecule has 0 bridgehead atoms. The summed E-state index contributed by atoms with van der Waals surface area (Å²) in [6.45, 7) is 1.27. The van der Waals surface area contributed by atoms with E-state index in [0.717, 1.165) is 0 Å². The molecule has 1 rings (SSSR count). The summed E-state index contributed by atoms with van der Waals surface area (Å²) in [6, 6.07) is 3.72. The van der Waals surface area contributed by atoms with Gasteiger partial charge in [0, 0.05) is 0 Å². The van der Waals surface area contributed by atoms with Crippen LogP contribution in [0.3, 0.4) is 0 Å². The fourth-order valence-electron chi connectivity index (χ4n) is 0.980. The van der Waals surface area contributed by atoms with Gasteiger partial charge in [0.15, 0.2) is 0 Å². The van der Waals surface area contributed by atoms with E-state index in [1.54, 1.807) is 0 Å². The Kier molecular flexibility index (Phi) is 4.01. The third-order valence-corrected chi connectivity index (χ3v) is 7.26. The Labute approximate surface area is 98.1 Å². The second kappa shape index (κ2) is 5.06. The first-order valence-corrected chi connectivity index (χ1v) is 9.09. The monoisotopic (exact) mass is 399 g/mol. The molecule has 1 N–H and O–H groups in total. The molecule has 0 aliphatic carbocycles. The van der Waals surface area contributed by atoms with Crippen molar-refractivity contribution in [2.75, 3.05) is 0 Å². The Morgan fingerprint density at radius 2 is 2.27 bits per heavy atom. The molecule has 0 atom stereocenters. The summed E-state index contributed by atoms with van der Waals surface area (Å²) in [7, 11) is 0. The maximum atomic E-state index is 10.6. The topological polar surface area (TPSA) is 89.7 Å². The molecule has 1 aromatic rings. The molecule has 0 heterocycles. The molecule has 15 heavy (non-hydrogen) atoms. The Balaban J connectivity index is 2.90. The fraction of sp³-hybridized carbons (Fsp3) is 0.125. The first-order valence-electron chi connectivity index (χ1n) is 4.10. The van der Waals surface area contributed by atoms with Crippen molar-refractivity contribution in [3.63, 3.8) is 0 Å². The average molecular weight is 398 g/mol. The minimum atomic E-state index is -2.21. The zero-order valence-electron chi connectivity index (χ0n) is 7.97. The van der Waals surface area contributed by atoms with Crippen LogP contribution in [0.2, 0.25) is 0 Å². The summed E-state index contributed by atoms with van der Waals surface area (Å²) in [6.07, 6.45) is 0. The van der Waals surface area contributed by atoms with Gasteiger partial charge in [-0.25, -0.2) is 0 Å². The fourth-order valence-corrected chi connectivity index (χ4v) is 4.55. The minimum absolute atomic E-state index is 0.0384. The second-order valence-corrected chi connectivity index (χ2v) is 8.06. The van der Waals surface area contributed by atoms with E-state index in [-0.39, 0.29) is 11.4 Å². The van der Waals surface area contributed by atoms with E-state index in [1.807, 2.05) is 0 Å². The van der Waals surface area contributed by atoms with E-state index in [4.69, 9.17) is 2.64 Å². The average Bonchev–Trinajstić information content (AvgIpc) is 2.16. The zero-order valence-corrected chi connectivity index (χ0v) is 13.5.